The van der Waals surface area contributed by atoms with Gasteiger partial charge in [-0.25, -0.2) is 4.68 Å². The summed E-state index contributed by atoms with van der Waals surface area (Å²) in [6, 6.07) is 0. The summed E-state index contributed by atoms with van der Waals surface area (Å²) in [6.45, 7) is 3.19. The third-order valence-electron chi connectivity index (χ3n) is 4.13. The number of aromatic nitrogens is 2. The molecule has 1 aromatic heterocycles. The van der Waals surface area contributed by atoms with Crippen LogP contribution in [0.5, 0.6) is 0 Å². The minimum absolute atomic E-state index is 0.183. The van der Waals surface area contributed by atoms with Gasteiger partial charge in [0.15, 0.2) is 0 Å². The molecule has 0 aromatic carbocycles. The van der Waals surface area contributed by atoms with E-state index in [9.17, 15) is 4.79 Å². The van der Waals surface area contributed by atoms with Crippen molar-refractivity contribution in [3.05, 3.63) is 21.6 Å². The zero-order chi connectivity index (χ0) is 14.0. The third kappa shape index (κ3) is 2.62. The molecule has 5 nitrogen and oxygen atoms in total. The van der Waals surface area contributed by atoms with Crippen molar-refractivity contribution in [2.24, 2.45) is 0 Å². The normalized spacial score (nSPS) is 17.3. The summed E-state index contributed by atoms with van der Waals surface area (Å²) in [4.78, 5) is 14.1. The van der Waals surface area contributed by atoms with Gasteiger partial charge in [-0.1, -0.05) is 11.6 Å². The Kier molecular flexibility index (Phi) is 4.16. The van der Waals surface area contributed by atoms with E-state index in [0.717, 1.165) is 6.54 Å². The summed E-state index contributed by atoms with van der Waals surface area (Å²) in [5.74, 6) is 0. The lowest BCUT2D eigenvalue weighted by Crippen LogP contribution is -2.54. The Bertz CT molecular complexity index is 508. The quantitative estimate of drug-likeness (QED) is 0.896. The standard InChI is InChI=1S/C13H21ClN4O/c1-4-18-12(19)11(14)10(8-16-18)15-9-13(17(2)3)6-5-7-13/h8,15H,4-7,9H2,1-3H3. The van der Waals surface area contributed by atoms with Crippen LogP contribution in [-0.2, 0) is 6.54 Å². The van der Waals surface area contributed by atoms with E-state index < -0.39 is 0 Å². The van der Waals surface area contributed by atoms with E-state index in [2.05, 4.69) is 29.4 Å². The largest absolute Gasteiger partial charge is 0.381 e. The Balaban J connectivity index is 2.12. The Labute approximate surface area is 118 Å². The van der Waals surface area contributed by atoms with Crippen LogP contribution in [0.15, 0.2) is 11.0 Å². The molecule has 0 unspecified atom stereocenters. The van der Waals surface area contributed by atoms with Gasteiger partial charge in [-0.05, 0) is 40.3 Å². The summed E-state index contributed by atoms with van der Waals surface area (Å²) < 4.78 is 1.36. The predicted molar refractivity (Wildman–Crippen MR) is 77.9 cm³/mol. The van der Waals surface area contributed by atoms with Crippen LogP contribution in [0, 0.1) is 0 Å². The highest BCUT2D eigenvalue weighted by Crippen LogP contribution is 2.36. The molecule has 0 radical (unpaired) electrons. The van der Waals surface area contributed by atoms with Crippen molar-refractivity contribution in [1.82, 2.24) is 14.7 Å². The second-order valence-corrected chi connectivity index (χ2v) is 5.70. The zero-order valence-electron chi connectivity index (χ0n) is 11.7. The molecule has 0 amide bonds. The van der Waals surface area contributed by atoms with Gasteiger partial charge in [0.05, 0.1) is 11.9 Å². The predicted octanol–water partition coefficient (Wildman–Crippen LogP) is 1.81. The van der Waals surface area contributed by atoms with Gasteiger partial charge in [-0.15, -0.1) is 0 Å². The van der Waals surface area contributed by atoms with E-state index in [1.165, 1.54) is 23.9 Å². The van der Waals surface area contributed by atoms with Gasteiger partial charge in [0.2, 0.25) is 0 Å². The molecule has 0 spiro atoms. The molecule has 1 fully saturated rings. The molecule has 1 aromatic rings. The molecule has 0 saturated heterocycles. The second-order valence-electron chi connectivity index (χ2n) is 5.32. The topological polar surface area (TPSA) is 50.2 Å². The first-order valence-electron chi connectivity index (χ1n) is 6.67. The zero-order valence-corrected chi connectivity index (χ0v) is 12.5. The first kappa shape index (κ1) is 14.3. The van der Waals surface area contributed by atoms with Crippen molar-refractivity contribution in [2.45, 2.75) is 38.3 Å². The summed E-state index contributed by atoms with van der Waals surface area (Å²) in [5, 5.41) is 7.60. The van der Waals surface area contributed by atoms with E-state index in [1.54, 1.807) is 6.20 Å². The number of nitrogens with zero attached hydrogens (tertiary/aromatic N) is 3. The van der Waals surface area contributed by atoms with Crippen LogP contribution in [0.3, 0.4) is 0 Å². The Morgan fingerprint density at radius 1 is 1.53 bits per heavy atom. The molecular formula is C13H21ClN4O. The van der Waals surface area contributed by atoms with Crippen LogP contribution < -0.4 is 10.9 Å². The highest BCUT2D eigenvalue weighted by Gasteiger charge is 2.38. The summed E-state index contributed by atoms with van der Waals surface area (Å²) in [7, 11) is 4.19. The number of halogens is 1. The van der Waals surface area contributed by atoms with Crippen molar-refractivity contribution < 1.29 is 0 Å². The van der Waals surface area contributed by atoms with E-state index in [4.69, 9.17) is 11.6 Å². The molecule has 19 heavy (non-hydrogen) atoms. The summed E-state index contributed by atoms with van der Waals surface area (Å²) in [6.07, 6.45) is 5.23. The average Bonchev–Trinajstić information content (AvgIpc) is 2.32. The van der Waals surface area contributed by atoms with Gasteiger partial charge in [0.25, 0.3) is 5.56 Å². The van der Waals surface area contributed by atoms with Crippen molar-refractivity contribution >= 4 is 17.3 Å². The molecule has 1 aliphatic carbocycles. The molecule has 1 aliphatic rings. The number of nitrogens with one attached hydrogen (secondary N) is 1. The molecule has 1 N–H and O–H groups in total. The molecule has 0 atom stereocenters. The van der Waals surface area contributed by atoms with Gasteiger partial charge in [-0.2, -0.15) is 5.10 Å². The average molecular weight is 285 g/mol. The smallest absolute Gasteiger partial charge is 0.287 e. The fourth-order valence-electron chi connectivity index (χ4n) is 2.44. The highest BCUT2D eigenvalue weighted by molar-refractivity contribution is 6.32. The third-order valence-corrected chi connectivity index (χ3v) is 4.49. The van der Waals surface area contributed by atoms with Gasteiger partial charge in [0.1, 0.15) is 5.02 Å². The number of hydrogen-bond acceptors (Lipinski definition) is 4. The van der Waals surface area contributed by atoms with E-state index in [1.807, 2.05) is 6.92 Å². The molecule has 0 aliphatic heterocycles. The number of likely N-dealkylation sites (N-methyl/N-ethyl adjacent to an activating group) is 1. The summed E-state index contributed by atoms with van der Waals surface area (Å²) >= 11 is 6.10. The van der Waals surface area contributed by atoms with Gasteiger partial charge < -0.3 is 10.2 Å². The lowest BCUT2D eigenvalue weighted by Gasteiger charge is -2.47. The maximum absolute atomic E-state index is 11.9. The van der Waals surface area contributed by atoms with Crippen molar-refractivity contribution in [3.8, 4) is 0 Å². The Morgan fingerprint density at radius 3 is 2.68 bits per heavy atom. The molecular weight excluding hydrogens is 264 g/mol. The van der Waals surface area contributed by atoms with E-state index in [-0.39, 0.29) is 16.1 Å². The molecule has 106 valence electrons. The molecule has 6 heteroatoms. The fourth-order valence-corrected chi connectivity index (χ4v) is 2.65. The molecule has 2 rings (SSSR count). The van der Waals surface area contributed by atoms with Crippen LogP contribution in [0.2, 0.25) is 5.02 Å². The van der Waals surface area contributed by atoms with Crippen molar-refractivity contribution in [3.63, 3.8) is 0 Å². The van der Waals surface area contributed by atoms with Crippen LogP contribution in [0.25, 0.3) is 0 Å². The van der Waals surface area contributed by atoms with Crippen LogP contribution >= 0.6 is 11.6 Å². The first-order valence-corrected chi connectivity index (χ1v) is 7.05. The van der Waals surface area contributed by atoms with Crippen molar-refractivity contribution in [1.29, 1.82) is 0 Å². The Hall–Kier alpha value is -1.07. The van der Waals surface area contributed by atoms with Gasteiger partial charge >= 0.3 is 0 Å². The number of hydrogen-bond donors (Lipinski definition) is 1. The van der Waals surface area contributed by atoms with Gasteiger partial charge in [0, 0.05) is 18.6 Å². The van der Waals surface area contributed by atoms with Crippen molar-refractivity contribution in [2.75, 3.05) is 26.0 Å². The van der Waals surface area contributed by atoms with Crippen LogP contribution in [-0.4, -0.2) is 40.9 Å². The summed E-state index contributed by atoms with van der Waals surface area (Å²) in [5.41, 5.74) is 0.578. The van der Waals surface area contributed by atoms with Gasteiger partial charge in [-0.3, -0.25) is 4.79 Å². The number of anilines is 1. The highest BCUT2D eigenvalue weighted by atomic mass is 35.5. The molecule has 1 saturated carbocycles. The minimum atomic E-state index is -0.235. The lowest BCUT2D eigenvalue weighted by atomic mass is 9.75. The monoisotopic (exact) mass is 284 g/mol. The maximum Gasteiger partial charge on any atom is 0.287 e. The molecule has 0 bridgehead atoms. The van der Waals surface area contributed by atoms with E-state index >= 15 is 0 Å². The lowest BCUT2D eigenvalue weighted by molar-refractivity contribution is 0.0739. The fraction of sp³-hybridized carbons (Fsp3) is 0.692. The van der Waals surface area contributed by atoms with Crippen LogP contribution in [0.4, 0.5) is 5.69 Å². The molecule has 1 heterocycles. The first-order chi connectivity index (χ1) is 9.00. The minimum Gasteiger partial charge on any atom is -0.381 e. The van der Waals surface area contributed by atoms with Crippen LogP contribution in [0.1, 0.15) is 26.2 Å². The second kappa shape index (κ2) is 5.51. The SMILES string of the molecule is CCn1ncc(NCC2(N(C)C)CCC2)c(Cl)c1=O. The maximum atomic E-state index is 11.9. The van der Waals surface area contributed by atoms with E-state index in [0.29, 0.717) is 12.2 Å². The number of aryl methyl sites for hydroxylation is 1. The number of rotatable bonds is 5. The Morgan fingerprint density at radius 2 is 2.21 bits per heavy atom.